The number of esters is 1. The van der Waals surface area contributed by atoms with Crippen molar-refractivity contribution in [3.8, 4) is 0 Å². The van der Waals surface area contributed by atoms with Crippen molar-refractivity contribution in [3.05, 3.63) is 53.8 Å². The van der Waals surface area contributed by atoms with Crippen LogP contribution in [0.2, 0.25) is 0 Å². The summed E-state index contributed by atoms with van der Waals surface area (Å²) in [6.45, 7) is 0. The van der Waals surface area contributed by atoms with Crippen LogP contribution >= 0.6 is 0 Å². The number of ether oxygens (including phenoxy) is 1. The highest BCUT2D eigenvalue weighted by molar-refractivity contribution is 5.83. The molecule has 1 aromatic carbocycles. The molecular weight excluding hydrogens is 358 g/mol. The van der Waals surface area contributed by atoms with Crippen molar-refractivity contribution in [2.24, 2.45) is 17.8 Å². The first-order valence-corrected chi connectivity index (χ1v) is 9.91. The number of amides is 1. The van der Waals surface area contributed by atoms with E-state index in [4.69, 9.17) is 9.84 Å². The number of rotatable bonds is 4. The van der Waals surface area contributed by atoms with Crippen LogP contribution in [0.15, 0.2) is 48.3 Å². The molecule has 1 saturated carbocycles. The zero-order valence-electron chi connectivity index (χ0n) is 15.6. The topological polar surface area (TPSA) is 95.9 Å². The van der Waals surface area contributed by atoms with Gasteiger partial charge >= 0.3 is 12.1 Å². The maximum atomic E-state index is 12.9. The maximum absolute atomic E-state index is 12.9. The minimum absolute atomic E-state index is 0.180. The van der Waals surface area contributed by atoms with Crippen molar-refractivity contribution in [3.63, 3.8) is 0 Å². The number of hydrogen-bond acceptors (Lipinski definition) is 4. The van der Waals surface area contributed by atoms with Gasteiger partial charge in [-0.2, -0.15) is 0 Å². The second-order valence-electron chi connectivity index (χ2n) is 7.89. The van der Waals surface area contributed by atoms with E-state index in [0.29, 0.717) is 17.4 Å². The van der Waals surface area contributed by atoms with E-state index in [2.05, 4.69) is 5.32 Å². The monoisotopic (exact) mass is 383 g/mol. The van der Waals surface area contributed by atoms with E-state index in [0.717, 1.165) is 37.7 Å². The average Bonchev–Trinajstić information content (AvgIpc) is 3.45. The highest BCUT2D eigenvalue weighted by Crippen LogP contribution is 2.51. The molecule has 4 atom stereocenters. The molecular formula is C22H25NO5. The SMILES string of the molecule is O=C(O)Nc1cccc(C(C2CC2)C2C(=O)OC3=CC=CCCCC3C2O)c1. The number of carbonyl (C=O) groups is 2. The minimum Gasteiger partial charge on any atom is -0.465 e. The molecule has 6 nitrogen and oxygen atoms in total. The molecule has 0 bridgehead atoms. The lowest BCUT2D eigenvalue weighted by Gasteiger charge is -2.39. The predicted octanol–water partition coefficient (Wildman–Crippen LogP) is 4.04. The molecule has 28 heavy (non-hydrogen) atoms. The Morgan fingerprint density at radius 3 is 2.82 bits per heavy atom. The molecule has 4 unspecified atom stereocenters. The summed E-state index contributed by atoms with van der Waals surface area (Å²) in [6, 6.07) is 7.13. The average molecular weight is 383 g/mol. The molecule has 1 aliphatic heterocycles. The van der Waals surface area contributed by atoms with Crippen molar-refractivity contribution < 1.29 is 24.5 Å². The standard InChI is InChI=1S/C22H25NO5/c24-20-16-8-3-1-2-4-9-17(16)28-21(25)19(20)18(13-10-11-13)14-6-5-7-15(12-14)23-22(26)27/h2,4-7,9,12-13,16,18-20,23-24H,1,3,8,10-11H2,(H,26,27). The zero-order valence-corrected chi connectivity index (χ0v) is 15.6. The summed E-state index contributed by atoms with van der Waals surface area (Å²) in [5.74, 6) is -0.544. The third-order valence-corrected chi connectivity index (χ3v) is 5.96. The molecule has 148 valence electrons. The molecule has 0 spiro atoms. The van der Waals surface area contributed by atoms with Crippen LogP contribution in [0.5, 0.6) is 0 Å². The second-order valence-corrected chi connectivity index (χ2v) is 7.89. The highest BCUT2D eigenvalue weighted by Gasteiger charge is 2.50. The van der Waals surface area contributed by atoms with E-state index in [-0.39, 0.29) is 11.8 Å². The summed E-state index contributed by atoms with van der Waals surface area (Å²) in [7, 11) is 0. The molecule has 0 radical (unpaired) electrons. The number of benzene rings is 1. The molecule has 3 aliphatic rings. The molecule has 4 rings (SSSR count). The second kappa shape index (κ2) is 7.80. The van der Waals surface area contributed by atoms with Crippen molar-refractivity contribution in [1.82, 2.24) is 0 Å². The number of aliphatic hydroxyl groups is 1. The van der Waals surface area contributed by atoms with Crippen molar-refractivity contribution in [1.29, 1.82) is 0 Å². The summed E-state index contributed by atoms with van der Waals surface area (Å²) < 4.78 is 5.69. The van der Waals surface area contributed by atoms with E-state index >= 15 is 0 Å². The largest absolute Gasteiger partial charge is 0.465 e. The van der Waals surface area contributed by atoms with Crippen LogP contribution in [0.4, 0.5) is 10.5 Å². The summed E-state index contributed by atoms with van der Waals surface area (Å²) >= 11 is 0. The van der Waals surface area contributed by atoms with Gasteiger partial charge in [-0.25, -0.2) is 4.79 Å². The Kier molecular flexibility index (Phi) is 5.22. The first kappa shape index (κ1) is 18.7. The van der Waals surface area contributed by atoms with Gasteiger partial charge in [0.1, 0.15) is 5.76 Å². The molecule has 3 N–H and O–H groups in total. The number of fused-ring (bicyclic) bond motifs is 1. The number of aliphatic hydroxyl groups excluding tert-OH is 1. The number of nitrogens with one attached hydrogen (secondary N) is 1. The van der Waals surface area contributed by atoms with Gasteiger partial charge in [-0.05, 0) is 61.8 Å². The Morgan fingerprint density at radius 2 is 2.07 bits per heavy atom. The normalized spacial score (nSPS) is 28.2. The van der Waals surface area contributed by atoms with E-state index in [1.54, 1.807) is 24.3 Å². The van der Waals surface area contributed by atoms with Gasteiger partial charge < -0.3 is 14.9 Å². The fraction of sp³-hybridized carbons (Fsp3) is 0.455. The third kappa shape index (κ3) is 3.83. The van der Waals surface area contributed by atoms with E-state index in [1.165, 1.54) is 0 Å². The van der Waals surface area contributed by atoms with Crippen LogP contribution in [0.1, 0.15) is 43.6 Å². The molecule has 1 heterocycles. The van der Waals surface area contributed by atoms with Crippen LogP contribution in [0, 0.1) is 17.8 Å². The van der Waals surface area contributed by atoms with Gasteiger partial charge in [0.15, 0.2) is 0 Å². The molecule has 1 aromatic rings. The van der Waals surface area contributed by atoms with Gasteiger partial charge in [0, 0.05) is 17.5 Å². The lowest BCUT2D eigenvalue weighted by molar-refractivity contribution is -0.160. The Bertz CT molecular complexity index is 826. The minimum atomic E-state index is -1.13. The quantitative estimate of drug-likeness (QED) is 0.682. The fourth-order valence-electron chi connectivity index (χ4n) is 4.54. The Morgan fingerprint density at radius 1 is 1.25 bits per heavy atom. The lowest BCUT2D eigenvalue weighted by Crippen LogP contribution is -2.45. The van der Waals surface area contributed by atoms with Crippen LogP contribution in [0.25, 0.3) is 0 Å². The first-order chi connectivity index (χ1) is 13.5. The van der Waals surface area contributed by atoms with Crippen molar-refractivity contribution >= 4 is 17.7 Å². The molecule has 2 aliphatic carbocycles. The highest BCUT2D eigenvalue weighted by atomic mass is 16.5. The van der Waals surface area contributed by atoms with Crippen LogP contribution in [-0.4, -0.2) is 28.4 Å². The number of hydrogen-bond donors (Lipinski definition) is 3. The van der Waals surface area contributed by atoms with Gasteiger partial charge in [-0.3, -0.25) is 10.1 Å². The summed E-state index contributed by atoms with van der Waals surface area (Å²) in [5.41, 5.74) is 1.33. The van der Waals surface area contributed by atoms with E-state index in [9.17, 15) is 14.7 Å². The third-order valence-electron chi connectivity index (χ3n) is 5.96. The van der Waals surface area contributed by atoms with Crippen LogP contribution in [0.3, 0.4) is 0 Å². The summed E-state index contributed by atoms with van der Waals surface area (Å²) in [6.07, 6.45) is 8.44. The van der Waals surface area contributed by atoms with Crippen LogP contribution in [-0.2, 0) is 9.53 Å². The Labute approximate surface area is 163 Å². The van der Waals surface area contributed by atoms with Gasteiger partial charge in [-0.15, -0.1) is 0 Å². The first-order valence-electron chi connectivity index (χ1n) is 9.91. The maximum Gasteiger partial charge on any atom is 0.409 e. The predicted molar refractivity (Wildman–Crippen MR) is 104 cm³/mol. The molecule has 1 saturated heterocycles. The Balaban J connectivity index is 1.66. The van der Waals surface area contributed by atoms with Gasteiger partial charge in [0.2, 0.25) is 0 Å². The van der Waals surface area contributed by atoms with Gasteiger partial charge in [0.05, 0.1) is 12.0 Å². The smallest absolute Gasteiger partial charge is 0.409 e. The van der Waals surface area contributed by atoms with Gasteiger partial charge in [-0.1, -0.05) is 24.3 Å². The summed E-state index contributed by atoms with van der Waals surface area (Å²) in [5, 5.41) is 22.6. The molecule has 2 fully saturated rings. The van der Waals surface area contributed by atoms with Crippen LogP contribution < -0.4 is 5.32 Å². The van der Waals surface area contributed by atoms with E-state index in [1.807, 2.05) is 18.2 Å². The van der Waals surface area contributed by atoms with Crippen molar-refractivity contribution in [2.75, 3.05) is 5.32 Å². The lowest BCUT2D eigenvalue weighted by atomic mass is 9.72. The van der Waals surface area contributed by atoms with Gasteiger partial charge in [0.25, 0.3) is 0 Å². The molecule has 1 amide bonds. The number of anilines is 1. The van der Waals surface area contributed by atoms with E-state index < -0.39 is 24.1 Å². The Hall–Kier alpha value is -2.60. The molecule has 6 heteroatoms. The molecule has 0 aromatic heterocycles. The number of carboxylic acid groups (broad SMARTS) is 1. The zero-order chi connectivity index (χ0) is 19.7. The number of allylic oxidation sites excluding steroid dienone is 3. The fourth-order valence-corrected chi connectivity index (χ4v) is 4.54. The van der Waals surface area contributed by atoms with Crippen molar-refractivity contribution in [2.45, 2.75) is 44.1 Å². The number of carbonyl (C=O) groups excluding carboxylic acids is 1. The summed E-state index contributed by atoms with van der Waals surface area (Å²) in [4.78, 5) is 23.9.